The maximum absolute atomic E-state index is 12.6. The molecule has 0 spiro atoms. The Bertz CT molecular complexity index is 1360. The van der Waals surface area contributed by atoms with Crippen LogP contribution in [0.3, 0.4) is 0 Å². The van der Waals surface area contributed by atoms with Crippen LogP contribution >= 0.6 is 0 Å². The highest BCUT2D eigenvalue weighted by Crippen LogP contribution is 2.21. The topological polar surface area (TPSA) is 102 Å². The Morgan fingerprint density at radius 1 is 0.909 bits per heavy atom. The van der Waals surface area contributed by atoms with Crippen molar-refractivity contribution in [3.63, 3.8) is 0 Å². The van der Waals surface area contributed by atoms with Crippen molar-refractivity contribution in [3.8, 4) is 0 Å². The van der Waals surface area contributed by atoms with Crippen LogP contribution in [-0.2, 0) is 23.1 Å². The number of rotatable bonds is 8. The van der Waals surface area contributed by atoms with E-state index in [2.05, 4.69) is 44.5 Å². The lowest BCUT2D eigenvalue weighted by molar-refractivity contribution is 0.519. The number of aromatic nitrogens is 4. The van der Waals surface area contributed by atoms with Gasteiger partial charge in [-0.3, -0.25) is 4.72 Å². The number of nitrogens with one attached hydrogen (secondary N) is 2. The molecular formula is C24H28N6O2S. The highest BCUT2D eigenvalue weighted by atomic mass is 32.2. The summed E-state index contributed by atoms with van der Waals surface area (Å²) in [6.45, 7) is 9.30. The number of hydrogen-bond donors (Lipinski definition) is 2. The summed E-state index contributed by atoms with van der Waals surface area (Å²) >= 11 is 0. The first kappa shape index (κ1) is 22.7. The predicted molar refractivity (Wildman–Crippen MR) is 131 cm³/mol. The van der Waals surface area contributed by atoms with E-state index < -0.39 is 10.0 Å². The highest BCUT2D eigenvalue weighted by molar-refractivity contribution is 7.92. The van der Waals surface area contributed by atoms with Gasteiger partial charge in [0.1, 0.15) is 5.82 Å². The monoisotopic (exact) mass is 464 g/mol. The number of nitrogens with zero attached hydrogens (tertiary/aromatic N) is 4. The number of hydrogen-bond acceptors (Lipinski definition) is 6. The summed E-state index contributed by atoms with van der Waals surface area (Å²) in [5.41, 5.74) is 4.62. The van der Waals surface area contributed by atoms with E-state index in [1.54, 1.807) is 32.0 Å². The third kappa shape index (κ3) is 5.31. The molecule has 2 aromatic heterocycles. The minimum absolute atomic E-state index is 0.230. The van der Waals surface area contributed by atoms with Gasteiger partial charge in [-0.05, 0) is 62.2 Å². The van der Waals surface area contributed by atoms with Crippen LogP contribution in [0.4, 0.5) is 11.4 Å². The van der Waals surface area contributed by atoms with Gasteiger partial charge in [-0.2, -0.15) is 8.42 Å². The fourth-order valence-electron chi connectivity index (χ4n) is 3.68. The first-order valence-electron chi connectivity index (χ1n) is 10.8. The van der Waals surface area contributed by atoms with E-state index in [0.717, 1.165) is 29.1 Å². The molecule has 172 valence electrons. The molecule has 2 aromatic carbocycles. The molecule has 0 atom stereocenters. The zero-order chi connectivity index (χ0) is 23.6. The van der Waals surface area contributed by atoms with E-state index in [1.807, 2.05) is 30.3 Å². The van der Waals surface area contributed by atoms with E-state index in [9.17, 15) is 8.42 Å². The normalized spacial score (nSPS) is 11.8. The summed E-state index contributed by atoms with van der Waals surface area (Å²) in [4.78, 5) is 12.9. The van der Waals surface area contributed by atoms with Gasteiger partial charge in [-0.15, -0.1) is 0 Å². The quantitative estimate of drug-likeness (QED) is 0.372. The van der Waals surface area contributed by atoms with E-state index >= 15 is 0 Å². The average Bonchev–Trinajstić information content (AvgIpc) is 3.09. The highest BCUT2D eigenvalue weighted by Gasteiger charge is 2.19. The average molecular weight is 465 g/mol. The van der Waals surface area contributed by atoms with Gasteiger partial charge in [0.25, 0.3) is 15.2 Å². The zero-order valence-electron chi connectivity index (χ0n) is 19.2. The first-order valence-corrected chi connectivity index (χ1v) is 12.3. The fourth-order valence-corrected chi connectivity index (χ4v) is 4.75. The van der Waals surface area contributed by atoms with Crippen molar-refractivity contribution in [2.45, 2.75) is 45.9 Å². The Kier molecular flexibility index (Phi) is 6.33. The molecule has 0 fully saturated rings. The molecule has 0 aliphatic carbocycles. The van der Waals surface area contributed by atoms with E-state index in [0.29, 0.717) is 29.5 Å². The summed E-state index contributed by atoms with van der Waals surface area (Å²) in [7, 11) is -3.86. The number of aryl methyl sites for hydroxylation is 2. The summed E-state index contributed by atoms with van der Waals surface area (Å²) in [6, 6.07) is 16.9. The van der Waals surface area contributed by atoms with Crippen molar-refractivity contribution in [2.24, 2.45) is 5.92 Å². The van der Waals surface area contributed by atoms with Crippen molar-refractivity contribution in [1.82, 2.24) is 19.5 Å². The van der Waals surface area contributed by atoms with E-state index in [-0.39, 0.29) is 5.16 Å². The molecule has 2 N–H and O–H groups in total. The molecule has 9 heteroatoms. The lowest BCUT2D eigenvalue weighted by Crippen LogP contribution is -2.17. The number of para-hydroxylation sites is 2. The Morgan fingerprint density at radius 2 is 1.55 bits per heavy atom. The lowest BCUT2D eigenvalue weighted by atomic mass is 10.2. The van der Waals surface area contributed by atoms with Crippen LogP contribution in [0.2, 0.25) is 0 Å². The van der Waals surface area contributed by atoms with Crippen LogP contribution < -0.4 is 10.0 Å². The molecule has 0 unspecified atom stereocenters. The van der Waals surface area contributed by atoms with Gasteiger partial charge >= 0.3 is 0 Å². The molecule has 0 saturated heterocycles. The molecule has 0 aliphatic rings. The van der Waals surface area contributed by atoms with Crippen molar-refractivity contribution in [2.75, 3.05) is 10.0 Å². The lowest BCUT2D eigenvalue weighted by Gasteiger charge is -2.13. The van der Waals surface area contributed by atoms with Gasteiger partial charge in [0, 0.05) is 29.3 Å². The Hall–Kier alpha value is -3.46. The predicted octanol–water partition coefficient (Wildman–Crippen LogP) is 4.51. The third-order valence-corrected chi connectivity index (χ3v) is 6.24. The van der Waals surface area contributed by atoms with Gasteiger partial charge in [-0.25, -0.2) is 15.0 Å². The Balaban J connectivity index is 1.47. The number of benzene rings is 2. The number of fused-ring (bicyclic) bond motifs is 1. The van der Waals surface area contributed by atoms with Crippen molar-refractivity contribution >= 4 is 32.4 Å². The van der Waals surface area contributed by atoms with Gasteiger partial charge in [0.15, 0.2) is 0 Å². The van der Waals surface area contributed by atoms with Gasteiger partial charge in [-0.1, -0.05) is 26.0 Å². The first-order chi connectivity index (χ1) is 15.7. The number of imidazole rings is 1. The molecule has 0 amide bonds. The van der Waals surface area contributed by atoms with E-state index in [4.69, 9.17) is 4.98 Å². The standard InChI is InChI=1S/C24H28N6O2S/c1-16(2)15-30-22-8-6-5-7-21(22)28-23(30)14-25-19-9-11-20(12-10-19)29-33(31,32)24-26-17(3)13-18(4)27-24/h5-13,16,25,29H,14-15H2,1-4H3. The maximum atomic E-state index is 12.6. The maximum Gasteiger partial charge on any atom is 0.297 e. The van der Waals surface area contributed by atoms with Crippen LogP contribution in [0.25, 0.3) is 11.0 Å². The summed E-state index contributed by atoms with van der Waals surface area (Å²) in [5.74, 6) is 1.46. The zero-order valence-corrected chi connectivity index (χ0v) is 20.0. The van der Waals surface area contributed by atoms with Gasteiger partial charge < -0.3 is 9.88 Å². The van der Waals surface area contributed by atoms with Crippen LogP contribution in [-0.4, -0.2) is 27.9 Å². The van der Waals surface area contributed by atoms with E-state index in [1.165, 1.54) is 0 Å². The summed E-state index contributed by atoms with van der Waals surface area (Å²) < 4.78 is 30.1. The minimum Gasteiger partial charge on any atom is -0.378 e. The van der Waals surface area contributed by atoms with Crippen LogP contribution in [0.15, 0.2) is 59.8 Å². The smallest absolute Gasteiger partial charge is 0.297 e. The third-order valence-electron chi connectivity index (χ3n) is 5.07. The SMILES string of the molecule is Cc1cc(C)nc(S(=O)(=O)Nc2ccc(NCc3nc4ccccc4n3CC(C)C)cc2)n1. The number of sulfonamides is 1. The fraction of sp³-hybridized carbons (Fsp3) is 0.292. The van der Waals surface area contributed by atoms with Crippen molar-refractivity contribution in [3.05, 3.63) is 71.8 Å². The molecule has 0 saturated carbocycles. The summed E-state index contributed by atoms with van der Waals surface area (Å²) in [6.07, 6.45) is 0. The molecule has 2 heterocycles. The second-order valence-electron chi connectivity index (χ2n) is 8.49. The largest absolute Gasteiger partial charge is 0.378 e. The van der Waals surface area contributed by atoms with Crippen LogP contribution in [0, 0.1) is 19.8 Å². The minimum atomic E-state index is -3.86. The molecule has 0 bridgehead atoms. The Labute approximate surface area is 194 Å². The number of anilines is 2. The molecule has 4 rings (SSSR count). The van der Waals surface area contributed by atoms with Gasteiger partial charge in [0.05, 0.1) is 17.6 Å². The second kappa shape index (κ2) is 9.19. The molecule has 8 nitrogen and oxygen atoms in total. The van der Waals surface area contributed by atoms with Crippen molar-refractivity contribution < 1.29 is 8.42 Å². The van der Waals surface area contributed by atoms with Crippen LogP contribution in [0.1, 0.15) is 31.1 Å². The molecule has 0 aliphatic heterocycles. The summed E-state index contributed by atoms with van der Waals surface area (Å²) in [5, 5.41) is 3.16. The van der Waals surface area contributed by atoms with Crippen molar-refractivity contribution in [1.29, 1.82) is 0 Å². The second-order valence-corrected chi connectivity index (χ2v) is 10.1. The van der Waals surface area contributed by atoms with Crippen LogP contribution in [0.5, 0.6) is 0 Å². The molecule has 4 aromatic rings. The molecular weight excluding hydrogens is 436 g/mol. The molecule has 0 radical (unpaired) electrons. The van der Waals surface area contributed by atoms with Gasteiger partial charge in [0.2, 0.25) is 0 Å². The molecule has 33 heavy (non-hydrogen) atoms. The Morgan fingerprint density at radius 3 is 2.21 bits per heavy atom.